The number of hydrogen-bond acceptors (Lipinski definition) is 3. The summed E-state index contributed by atoms with van der Waals surface area (Å²) < 4.78 is 15.3. The van der Waals surface area contributed by atoms with Gasteiger partial charge in [0.05, 0.1) is 5.69 Å². The third kappa shape index (κ3) is 3.95. The molecule has 0 radical (unpaired) electrons. The Kier molecular flexibility index (Phi) is 5.33. The molecule has 4 aromatic rings. The normalized spacial score (nSPS) is 12.3. The van der Waals surface area contributed by atoms with Gasteiger partial charge in [0.25, 0.3) is 0 Å². The molecule has 0 aliphatic heterocycles. The van der Waals surface area contributed by atoms with Crippen LogP contribution in [0, 0.1) is 12.7 Å². The highest BCUT2D eigenvalue weighted by molar-refractivity contribution is 5.96. The minimum atomic E-state index is -0.535. The number of pyridine rings is 1. The van der Waals surface area contributed by atoms with Crippen molar-refractivity contribution in [3.63, 3.8) is 0 Å². The van der Waals surface area contributed by atoms with Crippen LogP contribution >= 0.6 is 0 Å². The third-order valence-electron chi connectivity index (χ3n) is 5.05. The van der Waals surface area contributed by atoms with E-state index in [0.29, 0.717) is 5.69 Å². The zero-order valence-electron chi connectivity index (χ0n) is 17.1. The van der Waals surface area contributed by atoms with Crippen molar-refractivity contribution in [2.24, 2.45) is 0 Å². The maximum Gasteiger partial charge on any atom is 0.246 e. The van der Waals surface area contributed by atoms with Crippen molar-refractivity contribution in [2.45, 2.75) is 13.0 Å². The molecule has 5 nitrogen and oxygen atoms in total. The highest BCUT2D eigenvalue weighted by Gasteiger charge is 2.23. The van der Waals surface area contributed by atoms with Crippen molar-refractivity contribution in [2.75, 3.05) is 19.4 Å². The molecule has 6 heteroatoms. The van der Waals surface area contributed by atoms with E-state index < -0.39 is 6.04 Å². The van der Waals surface area contributed by atoms with Crippen LogP contribution in [0.15, 0.2) is 73.1 Å². The average Bonchev–Trinajstić information content (AvgIpc) is 3.15. The van der Waals surface area contributed by atoms with Gasteiger partial charge in [0.1, 0.15) is 17.5 Å². The number of imidazole rings is 1. The van der Waals surface area contributed by atoms with Crippen molar-refractivity contribution in [3.8, 4) is 11.3 Å². The first kappa shape index (κ1) is 19.8. The Balaban J connectivity index is 1.60. The first-order valence-electron chi connectivity index (χ1n) is 9.70. The SMILES string of the molecule is Cc1cccn2cc(-c3cccc(NC(=O)[C@@H](c4ccc(F)cc4)N(C)C)c3)nc12. The van der Waals surface area contributed by atoms with Gasteiger partial charge in [0.2, 0.25) is 5.91 Å². The Morgan fingerprint density at radius 3 is 2.57 bits per heavy atom. The summed E-state index contributed by atoms with van der Waals surface area (Å²) in [4.78, 5) is 19.5. The highest BCUT2D eigenvalue weighted by atomic mass is 19.1. The summed E-state index contributed by atoms with van der Waals surface area (Å²) in [5, 5.41) is 2.98. The van der Waals surface area contributed by atoms with Crippen LogP contribution in [-0.2, 0) is 4.79 Å². The smallest absolute Gasteiger partial charge is 0.246 e. The van der Waals surface area contributed by atoms with Crippen molar-refractivity contribution < 1.29 is 9.18 Å². The third-order valence-corrected chi connectivity index (χ3v) is 5.05. The van der Waals surface area contributed by atoms with Crippen LogP contribution < -0.4 is 5.32 Å². The molecule has 1 amide bonds. The van der Waals surface area contributed by atoms with Crippen LogP contribution in [0.5, 0.6) is 0 Å². The van der Waals surface area contributed by atoms with Crippen molar-refractivity contribution in [1.29, 1.82) is 0 Å². The molecule has 1 atom stereocenters. The molecule has 0 spiro atoms. The van der Waals surface area contributed by atoms with Crippen molar-refractivity contribution in [3.05, 3.63) is 90.0 Å². The summed E-state index contributed by atoms with van der Waals surface area (Å²) in [7, 11) is 3.64. The molecule has 0 aliphatic rings. The molecule has 2 heterocycles. The van der Waals surface area contributed by atoms with E-state index in [1.54, 1.807) is 17.0 Å². The molecule has 0 bridgehead atoms. The van der Waals surface area contributed by atoms with E-state index in [4.69, 9.17) is 4.98 Å². The molecule has 0 saturated heterocycles. The number of likely N-dealkylation sites (N-methyl/N-ethyl adjacent to an activating group) is 1. The van der Waals surface area contributed by atoms with E-state index in [0.717, 1.165) is 28.0 Å². The Morgan fingerprint density at radius 1 is 1.10 bits per heavy atom. The second-order valence-corrected chi connectivity index (χ2v) is 7.54. The summed E-state index contributed by atoms with van der Waals surface area (Å²) in [5.41, 5.74) is 5.17. The number of anilines is 1. The summed E-state index contributed by atoms with van der Waals surface area (Å²) in [5.74, 6) is -0.512. The second-order valence-electron chi connectivity index (χ2n) is 7.54. The Hall–Kier alpha value is -3.51. The van der Waals surface area contributed by atoms with Crippen LogP contribution in [0.1, 0.15) is 17.2 Å². The molecule has 0 aliphatic carbocycles. The molecular weight excluding hydrogens is 379 g/mol. The van der Waals surface area contributed by atoms with E-state index >= 15 is 0 Å². The number of hydrogen-bond donors (Lipinski definition) is 1. The molecule has 152 valence electrons. The standard InChI is InChI=1S/C24H23FN4O/c1-16-6-5-13-29-15-21(27-23(16)29)18-7-4-8-20(14-18)26-24(30)22(28(2)3)17-9-11-19(25)12-10-17/h4-15,22H,1-3H3,(H,26,30)/t22-/m1/s1. The van der Waals surface area contributed by atoms with Gasteiger partial charge >= 0.3 is 0 Å². The summed E-state index contributed by atoms with van der Waals surface area (Å²) in [6, 6.07) is 17.1. The summed E-state index contributed by atoms with van der Waals surface area (Å²) in [6.45, 7) is 2.03. The number of benzene rings is 2. The van der Waals surface area contributed by atoms with E-state index in [9.17, 15) is 9.18 Å². The number of aryl methyl sites for hydroxylation is 1. The van der Waals surface area contributed by atoms with Crippen LogP contribution in [0.2, 0.25) is 0 Å². The molecule has 2 aromatic heterocycles. The maximum atomic E-state index is 13.3. The zero-order chi connectivity index (χ0) is 21.3. The monoisotopic (exact) mass is 402 g/mol. The van der Waals surface area contributed by atoms with Crippen LogP contribution in [0.3, 0.4) is 0 Å². The fourth-order valence-electron chi connectivity index (χ4n) is 3.59. The number of nitrogens with one attached hydrogen (secondary N) is 1. The molecule has 1 N–H and O–H groups in total. The molecule has 0 unspecified atom stereocenters. The zero-order valence-corrected chi connectivity index (χ0v) is 17.1. The fraction of sp³-hybridized carbons (Fsp3) is 0.167. The first-order chi connectivity index (χ1) is 14.4. The maximum absolute atomic E-state index is 13.3. The highest BCUT2D eigenvalue weighted by Crippen LogP contribution is 2.25. The fourth-order valence-corrected chi connectivity index (χ4v) is 3.59. The molecule has 2 aromatic carbocycles. The van der Waals surface area contributed by atoms with Gasteiger partial charge in [-0.05, 0) is 62.5 Å². The number of carbonyl (C=O) groups excluding carboxylic acids is 1. The van der Waals surface area contributed by atoms with Crippen molar-refractivity contribution in [1.82, 2.24) is 14.3 Å². The number of fused-ring (bicyclic) bond motifs is 1. The van der Waals surface area contributed by atoms with Gasteiger partial charge in [-0.15, -0.1) is 0 Å². The van der Waals surface area contributed by atoms with Gasteiger partial charge in [0.15, 0.2) is 0 Å². The predicted molar refractivity (Wildman–Crippen MR) is 117 cm³/mol. The van der Waals surface area contributed by atoms with Crippen LogP contribution in [-0.4, -0.2) is 34.3 Å². The Bertz CT molecular complexity index is 1200. The number of rotatable bonds is 5. The van der Waals surface area contributed by atoms with Crippen LogP contribution in [0.25, 0.3) is 16.9 Å². The number of aromatic nitrogens is 2. The minimum absolute atomic E-state index is 0.186. The quantitative estimate of drug-likeness (QED) is 0.527. The van der Waals surface area contributed by atoms with Gasteiger partial charge in [-0.25, -0.2) is 9.37 Å². The van der Waals surface area contributed by atoms with Crippen molar-refractivity contribution >= 4 is 17.2 Å². The molecule has 0 fully saturated rings. The molecular formula is C24H23FN4O. The molecule has 0 saturated carbocycles. The lowest BCUT2D eigenvalue weighted by Crippen LogP contribution is -2.32. The van der Waals surface area contributed by atoms with E-state index in [-0.39, 0.29) is 11.7 Å². The minimum Gasteiger partial charge on any atom is -0.324 e. The van der Waals surface area contributed by atoms with E-state index in [1.807, 2.05) is 74.2 Å². The second kappa shape index (κ2) is 8.08. The Labute approximate surface area is 174 Å². The summed E-state index contributed by atoms with van der Waals surface area (Å²) >= 11 is 0. The predicted octanol–water partition coefficient (Wildman–Crippen LogP) is 4.69. The first-order valence-corrected chi connectivity index (χ1v) is 9.70. The van der Waals surface area contributed by atoms with Gasteiger partial charge < -0.3 is 9.72 Å². The molecule has 4 rings (SSSR count). The number of halogens is 1. The van der Waals surface area contributed by atoms with E-state index in [1.165, 1.54) is 12.1 Å². The van der Waals surface area contributed by atoms with Gasteiger partial charge in [-0.2, -0.15) is 0 Å². The topological polar surface area (TPSA) is 49.6 Å². The van der Waals surface area contributed by atoms with E-state index in [2.05, 4.69) is 5.32 Å². The lowest BCUT2D eigenvalue weighted by Gasteiger charge is -2.24. The van der Waals surface area contributed by atoms with Gasteiger partial charge in [-0.3, -0.25) is 9.69 Å². The average molecular weight is 402 g/mol. The lowest BCUT2D eigenvalue weighted by molar-refractivity contribution is -0.120. The van der Waals surface area contributed by atoms with Gasteiger partial charge in [-0.1, -0.05) is 30.3 Å². The largest absolute Gasteiger partial charge is 0.324 e. The number of amides is 1. The summed E-state index contributed by atoms with van der Waals surface area (Å²) in [6.07, 6.45) is 3.94. The Morgan fingerprint density at radius 2 is 1.87 bits per heavy atom. The lowest BCUT2D eigenvalue weighted by atomic mass is 10.0. The van der Waals surface area contributed by atoms with Gasteiger partial charge in [0, 0.05) is 23.6 Å². The number of nitrogens with zero attached hydrogens (tertiary/aromatic N) is 3. The molecule has 30 heavy (non-hydrogen) atoms. The van der Waals surface area contributed by atoms with Crippen LogP contribution in [0.4, 0.5) is 10.1 Å². The number of carbonyl (C=O) groups is 1.